The Morgan fingerprint density at radius 2 is 1.93 bits per heavy atom. The van der Waals surface area contributed by atoms with E-state index in [9.17, 15) is 26.7 Å². The Morgan fingerprint density at radius 3 is 2.59 bits per heavy atom. The van der Waals surface area contributed by atoms with Crippen molar-refractivity contribution in [1.29, 1.82) is 0 Å². The standard InChI is InChI=1S/C31H39F3N4O5S/c1-21-17-37(18-23(39)19-42-2)14-12-26(21)36-27-8-5-9-29-25(27)15-22(38(29)20-31(32,33)34)7-6-13-35-28-11-10-24(44(4,40)41)16-30(28)43-3/h5,8-11,15-16,21,23,26,35-36,39H,12-14,17-20H2,1-4H3/t21-,23?,26-/m1/s1. The fourth-order valence-electron chi connectivity index (χ4n) is 5.54. The average Bonchev–Trinajstić information content (AvgIpc) is 3.28. The molecule has 1 aliphatic rings. The number of β-amino-alcohol motifs (C(OH)–C–C–N with tert-alkyl or cyclic N) is 1. The van der Waals surface area contributed by atoms with Crippen LogP contribution in [-0.2, 0) is 21.1 Å². The van der Waals surface area contributed by atoms with Crippen molar-refractivity contribution in [2.75, 3.05) is 63.9 Å². The number of piperidine rings is 1. The number of aromatic nitrogens is 1. The molecule has 240 valence electrons. The predicted molar refractivity (Wildman–Crippen MR) is 165 cm³/mol. The normalized spacial score (nSPS) is 18.5. The molecule has 13 heteroatoms. The number of fused-ring (bicyclic) bond motifs is 1. The highest BCUT2D eigenvalue weighted by Gasteiger charge is 2.31. The zero-order valence-corrected chi connectivity index (χ0v) is 26.1. The number of rotatable bonds is 11. The van der Waals surface area contributed by atoms with Crippen LogP contribution >= 0.6 is 0 Å². The summed E-state index contributed by atoms with van der Waals surface area (Å²) in [7, 11) is -0.453. The third-order valence-electron chi connectivity index (χ3n) is 7.63. The van der Waals surface area contributed by atoms with Crippen LogP contribution in [0.25, 0.3) is 10.9 Å². The molecule has 9 nitrogen and oxygen atoms in total. The van der Waals surface area contributed by atoms with Gasteiger partial charge in [-0.2, -0.15) is 13.2 Å². The van der Waals surface area contributed by atoms with Gasteiger partial charge in [-0.15, -0.1) is 0 Å². The number of hydrogen-bond donors (Lipinski definition) is 3. The van der Waals surface area contributed by atoms with Gasteiger partial charge < -0.3 is 34.7 Å². The summed E-state index contributed by atoms with van der Waals surface area (Å²) in [6, 6.07) is 11.4. The highest BCUT2D eigenvalue weighted by Crippen LogP contribution is 2.32. The summed E-state index contributed by atoms with van der Waals surface area (Å²) in [6.07, 6.45) is -3.10. The molecule has 1 fully saturated rings. The Morgan fingerprint density at radius 1 is 1.16 bits per heavy atom. The van der Waals surface area contributed by atoms with Gasteiger partial charge in [0.05, 0.1) is 48.2 Å². The molecule has 44 heavy (non-hydrogen) atoms. The molecule has 3 N–H and O–H groups in total. The number of alkyl halides is 3. The summed E-state index contributed by atoms with van der Waals surface area (Å²) in [5, 5.41) is 17.4. The summed E-state index contributed by atoms with van der Waals surface area (Å²) >= 11 is 0. The van der Waals surface area contributed by atoms with E-state index in [1.54, 1.807) is 31.4 Å². The van der Waals surface area contributed by atoms with Crippen molar-refractivity contribution in [2.45, 2.75) is 43.1 Å². The van der Waals surface area contributed by atoms with Gasteiger partial charge in [0.2, 0.25) is 0 Å². The van der Waals surface area contributed by atoms with E-state index >= 15 is 0 Å². The van der Waals surface area contributed by atoms with Crippen molar-refractivity contribution in [1.82, 2.24) is 9.47 Å². The van der Waals surface area contributed by atoms with Gasteiger partial charge in [0.25, 0.3) is 0 Å². The van der Waals surface area contributed by atoms with E-state index in [1.165, 1.54) is 23.8 Å². The first-order valence-corrected chi connectivity index (χ1v) is 16.1. The molecule has 0 spiro atoms. The number of nitrogens with zero attached hydrogens (tertiary/aromatic N) is 2. The number of likely N-dealkylation sites (tertiary alicyclic amines) is 1. The SMILES string of the molecule is COCC(O)CN1CC[C@@H](Nc2cccc3c2cc(C#CCNc2ccc(S(C)(=O)=O)cc2OC)n3CC(F)(F)F)[C@H](C)C1. The van der Waals surface area contributed by atoms with Crippen molar-refractivity contribution in [2.24, 2.45) is 5.92 Å². The summed E-state index contributed by atoms with van der Waals surface area (Å²) in [5.74, 6) is 6.32. The largest absolute Gasteiger partial charge is 0.495 e. The fraction of sp³-hybridized carbons (Fsp3) is 0.484. The third kappa shape index (κ3) is 8.59. The van der Waals surface area contributed by atoms with Gasteiger partial charge in [-0.25, -0.2) is 8.42 Å². The van der Waals surface area contributed by atoms with E-state index in [-0.39, 0.29) is 35.7 Å². The van der Waals surface area contributed by atoms with E-state index < -0.39 is 28.7 Å². The van der Waals surface area contributed by atoms with E-state index in [2.05, 4.69) is 34.3 Å². The van der Waals surface area contributed by atoms with Crippen LogP contribution in [0.2, 0.25) is 0 Å². The number of sulfone groups is 1. The average molecular weight is 637 g/mol. The maximum atomic E-state index is 13.7. The van der Waals surface area contributed by atoms with Crippen molar-refractivity contribution in [3.8, 4) is 17.6 Å². The fourth-order valence-corrected chi connectivity index (χ4v) is 6.18. The molecule has 2 aromatic carbocycles. The molecule has 1 unspecified atom stereocenters. The van der Waals surface area contributed by atoms with Crippen LogP contribution in [0.1, 0.15) is 19.0 Å². The number of hydrogen-bond acceptors (Lipinski definition) is 8. The maximum Gasteiger partial charge on any atom is 0.406 e. The van der Waals surface area contributed by atoms with Crippen molar-refractivity contribution in [3.05, 3.63) is 48.2 Å². The Balaban J connectivity index is 1.54. The number of methoxy groups -OCH3 is 2. The van der Waals surface area contributed by atoms with E-state index in [0.29, 0.717) is 28.9 Å². The van der Waals surface area contributed by atoms with Crippen LogP contribution in [-0.4, -0.2) is 94.6 Å². The lowest BCUT2D eigenvalue weighted by atomic mass is 9.93. The van der Waals surface area contributed by atoms with Gasteiger partial charge in [-0.1, -0.05) is 18.9 Å². The number of aliphatic hydroxyl groups excluding tert-OH is 1. The zero-order valence-electron chi connectivity index (χ0n) is 25.2. The van der Waals surface area contributed by atoms with E-state index in [0.717, 1.165) is 31.5 Å². The van der Waals surface area contributed by atoms with Crippen LogP contribution in [0.5, 0.6) is 5.75 Å². The van der Waals surface area contributed by atoms with Crippen molar-refractivity contribution < 1.29 is 36.2 Å². The summed E-state index contributed by atoms with van der Waals surface area (Å²) in [6.45, 7) is 3.37. The Bertz CT molecular complexity index is 1610. The molecule has 3 aromatic rings. The van der Waals surface area contributed by atoms with Gasteiger partial charge in [0, 0.05) is 56.2 Å². The predicted octanol–water partition coefficient (Wildman–Crippen LogP) is 4.21. The smallest absolute Gasteiger partial charge is 0.406 e. The zero-order chi connectivity index (χ0) is 32.1. The number of anilines is 2. The number of aliphatic hydroxyl groups is 1. The molecule has 2 heterocycles. The van der Waals surface area contributed by atoms with Gasteiger partial charge in [0.1, 0.15) is 12.3 Å². The molecule has 1 aromatic heterocycles. The summed E-state index contributed by atoms with van der Waals surface area (Å²) < 4.78 is 76.2. The van der Waals surface area contributed by atoms with E-state index in [4.69, 9.17) is 9.47 Å². The second kappa shape index (κ2) is 14.1. The molecule has 3 atom stereocenters. The first kappa shape index (κ1) is 33.5. The minimum atomic E-state index is -4.45. The minimum absolute atomic E-state index is 0.0857. The quantitative estimate of drug-likeness (QED) is 0.269. The number of halogens is 3. The van der Waals surface area contributed by atoms with Gasteiger partial charge >= 0.3 is 6.18 Å². The van der Waals surface area contributed by atoms with Gasteiger partial charge in [-0.05, 0) is 48.6 Å². The van der Waals surface area contributed by atoms with Gasteiger partial charge in [-0.3, -0.25) is 0 Å². The van der Waals surface area contributed by atoms with Crippen LogP contribution < -0.4 is 15.4 Å². The minimum Gasteiger partial charge on any atom is -0.495 e. The van der Waals surface area contributed by atoms with Gasteiger partial charge in [0.15, 0.2) is 9.84 Å². The van der Waals surface area contributed by atoms with Crippen LogP contribution in [0, 0.1) is 17.8 Å². The number of benzene rings is 2. The van der Waals surface area contributed by atoms with Crippen LogP contribution in [0.15, 0.2) is 47.4 Å². The molecule has 0 aliphatic carbocycles. The number of ether oxygens (including phenoxy) is 2. The molecule has 0 saturated carbocycles. The first-order chi connectivity index (χ1) is 20.8. The highest BCUT2D eigenvalue weighted by atomic mass is 32.2. The lowest BCUT2D eigenvalue weighted by Crippen LogP contribution is -2.48. The Labute approximate surface area is 256 Å². The maximum absolute atomic E-state index is 13.7. The first-order valence-electron chi connectivity index (χ1n) is 14.2. The summed E-state index contributed by atoms with van der Waals surface area (Å²) in [4.78, 5) is 2.30. The Hall–Kier alpha value is -3.44. The highest BCUT2D eigenvalue weighted by molar-refractivity contribution is 7.90. The van der Waals surface area contributed by atoms with Crippen molar-refractivity contribution >= 4 is 32.1 Å². The molecular weight excluding hydrogens is 597 g/mol. The summed E-state index contributed by atoms with van der Waals surface area (Å²) in [5.41, 5.74) is 1.90. The lowest BCUT2D eigenvalue weighted by molar-refractivity contribution is -0.140. The molecule has 1 aliphatic heterocycles. The molecule has 0 radical (unpaired) electrons. The molecule has 1 saturated heterocycles. The molecule has 0 amide bonds. The molecule has 0 bridgehead atoms. The van der Waals surface area contributed by atoms with E-state index in [1.807, 2.05) is 6.07 Å². The topological polar surface area (TPSA) is 105 Å². The van der Waals surface area contributed by atoms with Crippen molar-refractivity contribution in [3.63, 3.8) is 0 Å². The second-order valence-electron chi connectivity index (χ2n) is 11.1. The lowest BCUT2D eigenvalue weighted by Gasteiger charge is -2.38. The third-order valence-corrected chi connectivity index (χ3v) is 8.74. The number of nitrogens with one attached hydrogen (secondary N) is 2. The molecule has 4 rings (SSSR count). The molecular formula is C31H39F3N4O5S. The Kier molecular flexibility index (Phi) is 10.7. The monoisotopic (exact) mass is 636 g/mol. The van der Waals surface area contributed by atoms with Crippen LogP contribution in [0.3, 0.4) is 0 Å². The second-order valence-corrected chi connectivity index (χ2v) is 13.2. The van der Waals surface area contributed by atoms with Crippen LogP contribution in [0.4, 0.5) is 24.5 Å².